The number of aromatic carboxylic acids is 1. The van der Waals surface area contributed by atoms with Crippen LogP contribution >= 0.6 is 0 Å². The molecule has 9 nitrogen and oxygen atoms in total. The van der Waals surface area contributed by atoms with E-state index in [2.05, 4.69) is 15.5 Å². The number of benzene rings is 1. The van der Waals surface area contributed by atoms with Crippen LogP contribution in [-0.4, -0.2) is 56.9 Å². The number of carbonyl (C=O) groups excluding carboxylic acids is 2. The molecular weight excluding hydrogens is 400 g/mol. The molecule has 31 heavy (non-hydrogen) atoms. The van der Waals surface area contributed by atoms with Gasteiger partial charge in [0.2, 0.25) is 0 Å². The van der Waals surface area contributed by atoms with Crippen LogP contribution in [0.4, 0.5) is 10.6 Å². The molecule has 2 aromatic rings. The standard InChI is InChI=1S/C22H24N4O5/c1-22(2,3)31-21(30)26-12-10-14(11-13-26)17-8-9-18(25-24-17)23-19(27)15-4-6-16(7-5-15)20(28)29/h4-10H,11-13H2,1-3H3,(H,28,29)(H,23,25,27). The van der Waals surface area contributed by atoms with E-state index in [9.17, 15) is 14.4 Å². The van der Waals surface area contributed by atoms with Gasteiger partial charge in [-0.15, -0.1) is 10.2 Å². The molecule has 0 spiro atoms. The van der Waals surface area contributed by atoms with Gasteiger partial charge in [0.05, 0.1) is 11.3 Å². The molecule has 0 radical (unpaired) electrons. The molecule has 9 heteroatoms. The van der Waals surface area contributed by atoms with Crippen LogP contribution < -0.4 is 5.32 Å². The molecule has 1 aliphatic rings. The zero-order chi connectivity index (χ0) is 22.6. The molecule has 1 aromatic heterocycles. The maximum atomic E-state index is 12.3. The molecule has 3 rings (SSSR count). The molecule has 162 valence electrons. The summed E-state index contributed by atoms with van der Waals surface area (Å²) in [4.78, 5) is 37.0. The summed E-state index contributed by atoms with van der Waals surface area (Å²) in [5.41, 5.74) is 1.52. The highest BCUT2D eigenvalue weighted by Crippen LogP contribution is 2.22. The number of aromatic nitrogens is 2. The van der Waals surface area contributed by atoms with Gasteiger partial charge in [-0.05, 0) is 69.2 Å². The Balaban J connectivity index is 1.59. The van der Waals surface area contributed by atoms with Gasteiger partial charge in [0.25, 0.3) is 5.91 Å². The zero-order valence-electron chi connectivity index (χ0n) is 17.6. The third-order valence-corrected chi connectivity index (χ3v) is 4.49. The van der Waals surface area contributed by atoms with E-state index >= 15 is 0 Å². The topological polar surface area (TPSA) is 122 Å². The first kappa shape index (κ1) is 21.9. The normalized spacial score (nSPS) is 13.9. The highest BCUT2D eigenvalue weighted by atomic mass is 16.6. The van der Waals surface area contributed by atoms with Crippen LogP contribution in [0.3, 0.4) is 0 Å². The SMILES string of the molecule is CC(C)(C)OC(=O)N1CC=C(c2ccc(NC(=O)c3ccc(C(=O)O)cc3)nn2)CC1. The molecule has 0 aliphatic carbocycles. The summed E-state index contributed by atoms with van der Waals surface area (Å²) in [5, 5.41) is 19.8. The maximum absolute atomic E-state index is 12.3. The van der Waals surface area contributed by atoms with Crippen molar-refractivity contribution < 1.29 is 24.2 Å². The van der Waals surface area contributed by atoms with Crippen molar-refractivity contribution in [3.8, 4) is 0 Å². The number of rotatable bonds is 4. The molecule has 1 aromatic carbocycles. The number of carboxylic acid groups (broad SMARTS) is 1. The van der Waals surface area contributed by atoms with E-state index in [4.69, 9.17) is 9.84 Å². The molecule has 2 amide bonds. The van der Waals surface area contributed by atoms with Gasteiger partial charge in [-0.25, -0.2) is 9.59 Å². The highest BCUT2D eigenvalue weighted by Gasteiger charge is 2.24. The van der Waals surface area contributed by atoms with Crippen molar-refractivity contribution >= 4 is 29.4 Å². The fourth-order valence-corrected chi connectivity index (χ4v) is 2.92. The quantitative estimate of drug-likeness (QED) is 0.771. The Bertz CT molecular complexity index is 1010. The smallest absolute Gasteiger partial charge is 0.410 e. The Hall–Kier alpha value is -3.75. The second-order valence-electron chi connectivity index (χ2n) is 8.05. The van der Waals surface area contributed by atoms with Crippen molar-refractivity contribution in [1.29, 1.82) is 0 Å². The molecule has 0 saturated carbocycles. The number of amides is 2. The first-order chi connectivity index (χ1) is 14.6. The van der Waals surface area contributed by atoms with E-state index in [1.165, 1.54) is 24.3 Å². The predicted molar refractivity (Wildman–Crippen MR) is 114 cm³/mol. The zero-order valence-corrected chi connectivity index (χ0v) is 17.6. The lowest BCUT2D eigenvalue weighted by Gasteiger charge is -2.29. The van der Waals surface area contributed by atoms with Gasteiger partial charge in [0, 0.05) is 18.7 Å². The van der Waals surface area contributed by atoms with E-state index in [0.717, 1.165) is 5.57 Å². The van der Waals surface area contributed by atoms with Crippen LogP contribution in [0.5, 0.6) is 0 Å². The summed E-state index contributed by atoms with van der Waals surface area (Å²) in [6, 6.07) is 9.00. The third-order valence-electron chi connectivity index (χ3n) is 4.49. The van der Waals surface area contributed by atoms with Gasteiger partial charge >= 0.3 is 12.1 Å². The average molecular weight is 424 g/mol. The molecule has 0 fully saturated rings. The monoisotopic (exact) mass is 424 g/mol. The lowest BCUT2D eigenvalue weighted by molar-refractivity contribution is 0.0270. The van der Waals surface area contributed by atoms with Gasteiger partial charge in [-0.1, -0.05) is 6.08 Å². The third kappa shape index (κ3) is 5.88. The minimum absolute atomic E-state index is 0.103. The van der Waals surface area contributed by atoms with E-state index in [1.807, 2.05) is 26.8 Å². The summed E-state index contributed by atoms with van der Waals surface area (Å²) in [6.45, 7) is 6.44. The second kappa shape index (κ2) is 8.95. The summed E-state index contributed by atoms with van der Waals surface area (Å²) >= 11 is 0. The number of anilines is 1. The van der Waals surface area contributed by atoms with Crippen LogP contribution in [0, 0.1) is 0 Å². The summed E-state index contributed by atoms with van der Waals surface area (Å²) in [7, 11) is 0. The number of nitrogens with one attached hydrogen (secondary N) is 1. The minimum atomic E-state index is -1.06. The van der Waals surface area contributed by atoms with Gasteiger partial charge in [0.15, 0.2) is 5.82 Å². The first-order valence-electron chi connectivity index (χ1n) is 9.78. The summed E-state index contributed by atoms with van der Waals surface area (Å²) in [5.74, 6) is -1.19. The Morgan fingerprint density at radius 1 is 1.03 bits per heavy atom. The first-order valence-corrected chi connectivity index (χ1v) is 9.78. The van der Waals surface area contributed by atoms with E-state index in [-0.39, 0.29) is 17.5 Å². The molecule has 0 saturated heterocycles. The Morgan fingerprint density at radius 3 is 2.23 bits per heavy atom. The number of ether oxygens (including phenoxy) is 1. The Morgan fingerprint density at radius 2 is 1.71 bits per heavy atom. The molecular formula is C22H24N4O5. The molecule has 0 unspecified atom stereocenters. The van der Waals surface area contributed by atoms with Crippen LogP contribution in [-0.2, 0) is 4.74 Å². The second-order valence-corrected chi connectivity index (χ2v) is 8.05. The number of hydrogen-bond donors (Lipinski definition) is 2. The summed E-state index contributed by atoms with van der Waals surface area (Å²) in [6.07, 6.45) is 2.19. The predicted octanol–water partition coefficient (Wildman–Crippen LogP) is 3.45. The fraction of sp³-hybridized carbons (Fsp3) is 0.318. The number of hydrogen-bond acceptors (Lipinski definition) is 6. The van der Waals surface area contributed by atoms with Crippen LogP contribution in [0.2, 0.25) is 0 Å². The Labute approximate surface area is 179 Å². The van der Waals surface area contributed by atoms with Crippen molar-refractivity contribution in [3.63, 3.8) is 0 Å². The lowest BCUT2D eigenvalue weighted by Crippen LogP contribution is -2.39. The van der Waals surface area contributed by atoms with Gasteiger partial charge < -0.3 is 20.1 Å². The molecule has 0 atom stereocenters. The maximum Gasteiger partial charge on any atom is 0.410 e. The van der Waals surface area contributed by atoms with Crippen molar-refractivity contribution in [2.75, 3.05) is 18.4 Å². The Kier molecular flexibility index (Phi) is 6.33. The van der Waals surface area contributed by atoms with Gasteiger partial charge in [-0.2, -0.15) is 0 Å². The van der Waals surface area contributed by atoms with Gasteiger partial charge in [-0.3, -0.25) is 4.79 Å². The van der Waals surface area contributed by atoms with Crippen molar-refractivity contribution in [2.24, 2.45) is 0 Å². The van der Waals surface area contributed by atoms with Crippen molar-refractivity contribution in [1.82, 2.24) is 15.1 Å². The fourth-order valence-electron chi connectivity index (χ4n) is 2.92. The molecule has 1 aliphatic heterocycles. The highest BCUT2D eigenvalue weighted by molar-refractivity contribution is 6.04. The number of nitrogens with zero attached hydrogens (tertiary/aromatic N) is 3. The van der Waals surface area contributed by atoms with E-state index in [0.29, 0.717) is 30.8 Å². The molecule has 0 bridgehead atoms. The van der Waals surface area contributed by atoms with Crippen molar-refractivity contribution in [3.05, 3.63) is 59.3 Å². The van der Waals surface area contributed by atoms with Crippen molar-refractivity contribution in [2.45, 2.75) is 32.8 Å². The molecule has 2 heterocycles. The number of carbonyl (C=O) groups is 3. The molecule has 2 N–H and O–H groups in total. The van der Waals surface area contributed by atoms with Crippen LogP contribution in [0.1, 0.15) is 53.6 Å². The average Bonchev–Trinajstić information content (AvgIpc) is 2.73. The van der Waals surface area contributed by atoms with Crippen LogP contribution in [0.25, 0.3) is 5.57 Å². The minimum Gasteiger partial charge on any atom is -0.478 e. The lowest BCUT2D eigenvalue weighted by atomic mass is 10.0. The number of carboxylic acids is 1. The van der Waals surface area contributed by atoms with Gasteiger partial charge in [0.1, 0.15) is 5.60 Å². The van der Waals surface area contributed by atoms with E-state index in [1.54, 1.807) is 17.0 Å². The largest absolute Gasteiger partial charge is 0.478 e. The van der Waals surface area contributed by atoms with E-state index < -0.39 is 17.5 Å². The summed E-state index contributed by atoms with van der Waals surface area (Å²) < 4.78 is 5.39. The van der Waals surface area contributed by atoms with Crippen LogP contribution in [0.15, 0.2) is 42.5 Å².